The fraction of sp³-hybridized carbons (Fsp3) is 0.800. The minimum Gasteiger partial charge on any atom is -0.395 e. The van der Waals surface area contributed by atoms with E-state index >= 15 is 0 Å². The normalized spacial score (nSPS) is 29.6. The Morgan fingerprint density at radius 3 is 2.78 bits per heavy atom. The predicted octanol–water partition coefficient (Wildman–Crippen LogP) is -0.588. The van der Waals surface area contributed by atoms with Crippen LogP contribution in [0.2, 0.25) is 0 Å². The average molecular weight is 147 g/mol. The molecule has 1 aliphatic heterocycles. The van der Waals surface area contributed by atoms with Crippen molar-refractivity contribution in [2.24, 2.45) is 0 Å². The van der Waals surface area contributed by atoms with Crippen LogP contribution in [0.25, 0.3) is 0 Å². The van der Waals surface area contributed by atoms with E-state index in [2.05, 4.69) is 9.39 Å². The topological polar surface area (TPSA) is 40.5 Å². The van der Waals surface area contributed by atoms with Crippen molar-refractivity contribution in [3.8, 4) is 0 Å². The van der Waals surface area contributed by atoms with Crippen LogP contribution >= 0.6 is 9.39 Å². The lowest BCUT2D eigenvalue weighted by Gasteiger charge is -2.13. The zero-order valence-corrected chi connectivity index (χ0v) is 6.23. The van der Waals surface area contributed by atoms with E-state index in [4.69, 9.17) is 5.11 Å². The molecule has 2 atom stereocenters. The number of aliphatic hydroxyl groups excluding tert-OH is 1. The van der Waals surface area contributed by atoms with Crippen LogP contribution in [0.5, 0.6) is 0 Å². The number of ketones is 1. The molecule has 0 aromatic heterocycles. The molecule has 1 fully saturated rings. The third kappa shape index (κ3) is 1.48. The monoisotopic (exact) mass is 147 g/mol. The molecular weight excluding hydrogens is 137 g/mol. The van der Waals surface area contributed by atoms with E-state index in [1.807, 2.05) is 0 Å². The smallest absolute Gasteiger partial charge is 0.148 e. The van der Waals surface area contributed by atoms with Gasteiger partial charge >= 0.3 is 0 Å². The van der Waals surface area contributed by atoms with Crippen LogP contribution in [0.3, 0.4) is 0 Å². The molecule has 1 aliphatic rings. The van der Waals surface area contributed by atoms with Crippen molar-refractivity contribution in [1.29, 1.82) is 0 Å². The molecule has 1 unspecified atom stereocenters. The van der Waals surface area contributed by atoms with Crippen LogP contribution in [0.1, 0.15) is 6.42 Å². The third-order valence-corrected chi connectivity index (χ3v) is 2.11. The molecular formula is C5H10NO2P. The van der Waals surface area contributed by atoms with Gasteiger partial charge in [0.1, 0.15) is 5.78 Å². The first-order chi connectivity index (χ1) is 4.24. The number of rotatable bonds is 1. The van der Waals surface area contributed by atoms with E-state index in [0.717, 1.165) is 0 Å². The van der Waals surface area contributed by atoms with E-state index in [9.17, 15) is 4.79 Å². The molecule has 0 aliphatic carbocycles. The van der Waals surface area contributed by atoms with Gasteiger partial charge in [-0.05, 0) is 0 Å². The second-order valence-corrected chi connectivity index (χ2v) is 2.91. The molecule has 0 saturated carbocycles. The van der Waals surface area contributed by atoms with E-state index in [0.29, 0.717) is 13.0 Å². The summed E-state index contributed by atoms with van der Waals surface area (Å²) in [6, 6.07) is 0.0440. The van der Waals surface area contributed by atoms with Gasteiger partial charge in [0, 0.05) is 12.5 Å². The van der Waals surface area contributed by atoms with Gasteiger partial charge in [0.25, 0.3) is 0 Å². The zero-order valence-electron chi connectivity index (χ0n) is 5.08. The predicted molar refractivity (Wildman–Crippen MR) is 36.9 cm³/mol. The van der Waals surface area contributed by atoms with Gasteiger partial charge in [-0.15, -0.1) is 0 Å². The molecule has 3 nitrogen and oxygen atoms in total. The van der Waals surface area contributed by atoms with E-state index in [1.165, 1.54) is 0 Å². The van der Waals surface area contributed by atoms with Gasteiger partial charge in [-0.1, -0.05) is 9.39 Å². The summed E-state index contributed by atoms with van der Waals surface area (Å²) < 4.78 is 1.79. The van der Waals surface area contributed by atoms with Crippen molar-refractivity contribution in [2.45, 2.75) is 12.5 Å². The van der Waals surface area contributed by atoms with Gasteiger partial charge < -0.3 is 5.11 Å². The van der Waals surface area contributed by atoms with Crippen molar-refractivity contribution in [2.75, 3.05) is 13.2 Å². The molecule has 0 spiro atoms. The highest BCUT2D eigenvalue weighted by atomic mass is 31.0. The molecule has 9 heavy (non-hydrogen) atoms. The van der Waals surface area contributed by atoms with Crippen molar-refractivity contribution < 1.29 is 9.90 Å². The largest absolute Gasteiger partial charge is 0.395 e. The Bertz CT molecular complexity index is 128. The van der Waals surface area contributed by atoms with Crippen LogP contribution in [0, 0.1) is 0 Å². The van der Waals surface area contributed by atoms with Crippen molar-refractivity contribution in [1.82, 2.24) is 4.67 Å². The molecule has 0 aromatic carbocycles. The second-order valence-electron chi connectivity index (χ2n) is 2.25. The van der Waals surface area contributed by atoms with E-state index in [1.54, 1.807) is 4.67 Å². The molecule has 52 valence electrons. The van der Waals surface area contributed by atoms with Gasteiger partial charge in [-0.3, -0.25) is 9.46 Å². The third-order valence-electron chi connectivity index (χ3n) is 1.50. The molecule has 1 rings (SSSR count). The number of aliphatic hydroxyl groups is 1. The summed E-state index contributed by atoms with van der Waals surface area (Å²) in [7, 11) is 2.43. The lowest BCUT2D eigenvalue weighted by Crippen LogP contribution is -2.22. The SMILES string of the molecule is O=C1C[C@@H](CO)N(P)C1. The van der Waals surface area contributed by atoms with Crippen molar-refractivity contribution in [3.63, 3.8) is 0 Å². The Balaban J connectivity index is 2.47. The van der Waals surface area contributed by atoms with Crippen LogP contribution in [0.15, 0.2) is 0 Å². The Kier molecular flexibility index (Phi) is 2.17. The number of hydrogen-bond donors (Lipinski definition) is 1. The summed E-state index contributed by atoms with van der Waals surface area (Å²) >= 11 is 0. The van der Waals surface area contributed by atoms with Crippen LogP contribution in [0.4, 0.5) is 0 Å². The van der Waals surface area contributed by atoms with Crippen LogP contribution in [-0.2, 0) is 4.79 Å². The number of hydrogen-bond acceptors (Lipinski definition) is 3. The lowest BCUT2D eigenvalue weighted by atomic mass is 10.2. The van der Waals surface area contributed by atoms with Gasteiger partial charge in [0.15, 0.2) is 0 Å². The molecule has 1 N–H and O–H groups in total. The molecule has 4 heteroatoms. The maximum absolute atomic E-state index is 10.7. The number of carbonyl (C=O) groups excluding carboxylic acids is 1. The first kappa shape index (κ1) is 7.13. The summed E-state index contributed by atoms with van der Waals surface area (Å²) in [4.78, 5) is 10.7. The van der Waals surface area contributed by atoms with Gasteiger partial charge in [-0.2, -0.15) is 0 Å². The quantitative estimate of drug-likeness (QED) is 0.504. The van der Waals surface area contributed by atoms with Gasteiger partial charge in [-0.25, -0.2) is 0 Å². The van der Waals surface area contributed by atoms with E-state index < -0.39 is 0 Å². The molecule has 1 heterocycles. The molecule has 1 saturated heterocycles. The zero-order chi connectivity index (χ0) is 6.85. The number of Topliss-reactive ketones (excluding diaryl/α,β-unsaturated/α-hetero) is 1. The summed E-state index contributed by atoms with van der Waals surface area (Å²) in [5, 5.41) is 8.65. The Morgan fingerprint density at radius 2 is 2.56 bits per heavy atom. The highest BCUT2D eigenvalue weighted by Gasteiger charge is 2.26. The minimum atomic E-state index is 0.0440. The molecule has 0 amide bonds. The summed E-state index contributed by atoms with van der Waals surface area (Å²) in [6.07, 6.45) is 0.500. The minimum absolute atomic E-state index is 0.0440. The molecule has 0 aromatic rings. The fourth-order valence-corrected chi connectivity index (χ4v) is 1.35. The molecule has 0 bridgehead atoms. The Hall–Kier alpha value is 0.0200. The Labute approximate surface area is 56.3 Å². The van der Waals surface area contributed by atoms with E-state index in [-0.39, 0.29) is 18.4 Å². The summed E-state index contributed by atoms with van der Waals surface area (Å²) in [5.41, 5.74) is 0. The first-order valence-corrected chi connectivity index (χ1v) is 3.39. The van der Waals surface area contributed by atoms with Gasteiger partial charge in [0.2, 0.25) is 0 Å². The summed E-state index contributed by atoms with van der Waals surface area (Å²) in [6.45, 7) is 0.547. The lowest BCUT2D eigenvalue weighted by molar-refractivity contribution is -0.116. The standard InChI is InChI=1S/C5H10NO2P/c7-3-4-1-5(8)2-6(4)9/h4,7H,1-3,9H2/t4-/m0/s1. The maximum Gasteiger partial charge on any atom is 0.148 e. The second kappa shape index (κ2) is 2.74. The van der Waals surface area contributed by atoms with Crippen molar-refractivity contribution >= 4 is 15.2 Å². The van der Waals surface area contributed by atoms with Crippen LogP contribution < -0.4 is 0 Å². The highest BCUT2D eigenvalue weighted by Crippen LogP contribution is 2.17. The maximum atomic E-state index is 10.7. The van der Waals surface area contributed by atoms with Crippen molar-refractivity contribution in [3.05, 3.63) is 0 Å². The van der Waals surface area contributed by atoms with Crippen LogP contribution in [-0.4, -0.2) is 34.8 Å². The summed E-state index contributed by atoms with van der Waals surface area (Å²) in [5.74, 6) is 0.212. The Morgan fingerprint density at radius 1 is 1.89 bits per heavy atom. The number of nitrogens with zero attached hydrogens (tertiary/aromatic N) is 1. The highest BCUT2D eigenvalue weighted by molar-refractivity contribution is 7.13. The number of carbonyl (C=O) groups is 1. The van der Waals surface area contributed by atoms with Gasteiger partial charge in [0.05, 0.1) is 13.2 Å². The fourth-order valence-electron chi connectivity index (χ4n) is 0.947. The molecule has 0 radical (unpaired) electrons. The first-order valence-electron chi connectivity index (χ1n) is 2.88. The average Bonchev–Trinajstić information content (AvgIpc) is 2.10.